The number of hydrogen-bond donors (Lipinski definition) is 2. The number of para-hydroxylation sites is 2. The highest BCUT2D eigenvalue weighted by Crippen LogP contribution is 2.49. The molecule has 0 aromatic heterocycles. The normalized spacial score (nSPS) is 12.5. The molecule has 0 radical (unpaired) electrons. The molecular formula is C20H24NO8P. The first-order valence-electron chi connectivity index (χ1n) is 9.02. The van der Waals surface area contributed by atoms with Gasteiger partial charge >= 0.3 is 19.9 Å². The van der Waals surface area contributed by atoms with Gasteiger partial charge in [0, 0.05) is 0 Å². The van der Waals surface area contributed by atoms with Gasteiger partial charge in [0.2, 0.25) is 0 Å². The number of hydrogen-bond acceptors (Lipinski definition) is 7. The van der Waals surface area contributed by atoms with Crippen molar-refractivity contribution in [1.29, 1.82) is 0 Å². The third-order valence-corrected chi connectivity index (χ3v) is 4.64. The van der Waals surface area contributed by atoms with Gasteiger partial charge in [-0.2, -0.15) is 0 Å². The van der Waals surface area contributed by atoms with Crippen molar-refractivity contribution in [2.24, 2.45) is 0 Å². The SMILES string of the molecule is CC(C)(C)OC(=O)N[C@@H](COP(=O)(Oc1ccccc1)Oc1ccccc1)C(=O)O. The molecule has 162 valence electrons. The third-order valence-electron chi connectivity index (χ3n) is 3.31. The number of carbonyl (C=O) groups excluding carboxylic acids is 1. The second-order valence-corrected chi connectivity index (χ2v) is 8.61. The summed E-state index contributed by atoms with van der Waals surface area (Å²) in [5.74, 6) is -1.01. The number of alkyl carbamates (subject to hydrolysis) is 1. The molecule has 30 heavy (non-hydrogen) atoms. The summed E-state index contributed by atoms with van der Waals surface area (Å²) in [6.45, 7) is 4.21. The van der Waals surface area contributed by atoms with Crippen molar-refractivity contribution in [3.8, 4) is 11.5 Å². The number of carbonyl (C=O) groups is 2. The second kappa shape index (κ2) is 10.1. The van der Waals surface area contributed by atoms with Crippen LogP contribution in [0.1, 0.15) is 20.8 Å². The molecule has 0 aliphatic heterocycles. The van der Waals surface area contributed by atoms with Gasteiger partial charge in [0.25, 0.3) is 0 Å². The number of aliphatic carboxylic acids is 1. The largest absolute Gasteiger partial charge is 0.587 e. The minimum Gasteiger partial charge on any atom is -0.480 e. The summed E-state index contributed by atoms with van der Waals surface area (Å²) in [6, 6.07) is 14.7. The van der Waals surface area contributed by atoms with E-state index in [2.05, 4.69) is 5.32 Å². The number of carboxylic acids is 1. The van der Waals surface area contributed by atoms with Crippen molar-refractivity contribution in [2.75, 3.05) is 6.61 Å². The van der Waals surface area contributed by atoms with Crippen LogP contribution in [0.2, 0.25) is 0 Å². The fourth-order valence-electron chi connectivity index (χ4n) is 2.08. The lowest BCUT2D eigenvalue weighted by atomic mass is 10.2. The van der Waals surface area contributed by atoms with E-state index in [0.717, 1.165) is 0 Å². The maximum atomic E-state index is 13.2. The van der Waals surface area contributed by atoms with Crippen LogP contribution in [0.25, 0.3) is 0 Å². The van der Waals surface area contributed by atoms with Crippen LogP contribution in [-0.2, 0) is 18.6 Å². The molecule has 9 nitrogen and oxygen atoms in total. The first-order valence-corrected chi connectivity index (χ1v) is 10.5. The van der Waals surface area contributed by atoms with Crippen molar-refractivity contribution in [2.45, 2.75) is 32.4 Å². The Morgan fingerprint density at radius 2 is 1.43 bits per heavy atom. The Balaban J connectivity index is 2.14. The summed E-state index contributed by atoms with van der Waals surface area (Å²) in [5, 5.41) is 11.5. The Morgan fingerprint density at radius 3 is 1.83 bits per heavy atom. The lowest BCUT2D eigenvalue weighted by Crippen LogP contribution is -2.46. The Labute approximate surface area is 174 Å². The van der Waals surface area contributed by atoms with Gasteiger partial charge in [-0.05, 0) is 45.0 Å². The van der Waals surface area contributed by atoms with Crippen LogP contribution >= 0.6 is 7.82 Å². The van der Waals surface area contributed by atoms with Crippen molar-refractivity contribution < 1.29 is 37.6 Å². The molecule has 0 unspecified atom stereocenters. The Morgan fingerprint density at radius 1 is 0.967 bits per heavy atom. The second-order valence-electron chi connectivity index (χ2n) is 7.09. The predicted molar refractivity (Wildman–Crippen MR) is 108 cm³/mol. The number of phosphoric acid groups is 1. The number of benzene rings is 2. The quantitative estimate of drug-likeness (QED) is 0.559. The van der Waals surface area contributed by atoms with Gasteiger partial charge in [0.1, 0.15) is 17.1 Å². The van der Waals surface area contributed by atoms with E-state index < -0.39 is 38.1 Å². The van der Waals surface area contributed by atoms with Crippen molar-refractivity contribution in [3.63, 3.8) is 0 Å². The van der Waals surface area contributed by atoms with Gasteiger partial charge in [0.05, 0.1) is 6.61 Å². The van der Waals surface area contributed by atoms with Crippen LogP contribution in [0, 0.1) is 0 Å². The van der Waals surface area contributed by atoms with E-state index in [1.807, 2.05) is 0 Å². The molecule has 0 saturated carbocycles. The van der Waals surface area contributed by atoms with Crippen LogP contribution in [0.5, 0.6) is 11.5 Å². The Kier molecular flexibility index (Phi) is 7.86. The van der Waals surface area contributed by atoms with Crippen molar-refractivity contribution in [3.05, 3.63) is 60.7 Å². The fraction of sp³-hybridized carbons (Fsp3) is 0.300. The molecule has 0 heterocycles. The lowest BCUT2D eigenvalue weighted by Gasteiger charge is -2.23. The standard InChI is InChI=1S/C20H24NO8P/c1-20(2,3)27-19(24)21-17(18(22)23)14-26-30(25,28-15-10-6-4-7-11-15)29-16-12-8-5-9-13-16/h4-13,17H,14H2,1-3H3,(H,21,24)(H,22,23)/t17-/m0/s1. The average molecular weight is 437 g/mol. The number of carboxylic acid groups (broad SMARTS) is 1. The van der Waals surface area contributed by atoms with Crippen LogP contribution in [0.3, 0.4) is 0 Å². The van der Waals surface area contributed by atoms with E-state index >= 15 is 0 Å². The molecule has 0 bridgehead atoms. The molecule has 2 aromatic carbocycles. The molecule has 2 N–H and O–H groups in total. The highest BCUT2D eigenvalue weighted by atomic mass is 31.2. The number of phosphoric ester groups is 1. The van der Waals surface area contributed by atoms with Crippen LogP contribution in [0.4, 0.5) is 4.79 Å². The van der Waals surface area contributed by atoms with Gasteiger partial charge < -0.3 is 24.2 Å². The first-order chi connectivity index (χ1) is 14.1. The van der Waals surface area contributed by atoms with E-state index in [1.54, 1.807) is 57.2 Å². The lowest BCUT2D eigenvalue weighted by molar-refractivity contribution is -0.140. The molecule has 2 rings (SSSR count). The van der Waals surface area contributed by atoms with E-state index in [1.165, 1.54) is 24.3 Å². The summed E-state index contributed by atoms with van der Waals surface area (Å²) in [7, 11) is -4.30. The van der Waals surface area contributed by atoms with Crippen molar-refractivity contribution >= 4 is 19.9 Å². The van der Waals surface area contributed by atoms with Gasteiger partial charge in [0.15, 0.2) is 6.04 Å². The van der Waals surface area contributed by atoms with E-state index in [0.29, 0.717) is 0 Å². The average Bonchev–Trinajstić information content (AvgIpc) is 2.65. The van der Waals surface area contributed by atoms with Gasteiger partial charge in [-0.15, -0.1) is 0 Å². The first kappa shape index (κ1) is 23.3. The number of rotatable bonds is 9. The molecule has 0 fully saturated rings. The molecular weight excluding hydrogens is 413 g/mol. The maximum absolute atomic E-state index is 13.2. The summed E-state index contributed by atoms with van der Waals surface area (Å²) < 4.78 is 34.3. The summed E-state index contributed by atoms with van der Waals surface area (Å²) in [5.41, 5.74) is -0.823. The van der Waals surface area contributed by atoms with Crippen LogP contribution in [-0.4, -0.2) is 35.4 Å². The highest BCUT2D eigenvalue weighted by molar-refractivity contribution is 7.49. The zero-order valence-corrected chi connectivity index (χ0v) is 17.7. The minimum atomic E-state index is -4.30. The molecule has 0 aliphatic rings. The Bertz CT molecular complexity index is 837. The van der Waals surface area contributed by atoms with Gasteiger partial charge in [-0.1, -0.05) is 36.4 Å². The molecule has 2 aromatic rings. The highest BCUT2D eigenvalue weighted by Gasteiger charge is 2.34. The monoisotopic (exact) mass is 437 g/mol. The molecule has 1 atom stereocenters. The maximum Gasteiger partial charge on any atom is 0.587 e. The molecule has 0 aliphatic carbocycles. The fourth-order valence-corrected chi connectivity index (χ4v) is 3.32. The Hall–Kier alpha value is -3.03. The smallest absolute Gasteiger partial charge is 0.480 e. The van der Waals surface area contributed by atoms with E-state index in [4.69, 9.17) is 18.3 Å². The summed E-state index contributed by atoms with van der Waals surface area (Å²) in [4.78, 5) is 23.4. The zero-order valence-electron chi connectivity index (χ0n) is 16.8. The number of nitrogens with one attached hydrogen (secondary N) is 1. The topological polar surface area (TPSA) is 120 Å². The van der Waals surface area contributed by atoms with Gasteiger partial charge in [-0.25, -0.2) is 14.2 Å². The van der Waals surface area contributed by atoms with Crippen LogP contribution in [0.15, 0.2) is 60.7 Å². The predicted octanol–water partition coefficient (Wildman–Crippen LogP) is 4.25. The summed E-state index contributed by atoms with van der Waals surface area (Å²) in [6.07, 6.45) is -0.957. The molecule has 0 saturated heterocycles. The minimum absolute atomic E-state index is 0.198. The third kappa shape index (κ3) is 8.14. The zero-order chi connectivity index (χ0) is 22.2. The molecule has 0 spiro atoms. The molecule has 10 heteroatoms. The molecule has 1 amide bonds. The number of ether oxygens (including phenoxy) is 1. The number of amides is 1. The van der Waals surface area contributed by atoms with E-state index in [9.17, 15) is 19.3 Å². The van der Waals surface area contributed by atoms with Crippen LogP contribution < -0.4 is 14.4 Å². The van der Waals surface area contributed by atoms with Crippen molar-refractivity contribution in [1.82, 2.24) is 5.32 Å². The summed E-state index contributed by atoms with van der Waals surface area (Å²) >= 11 is 0. The van der Waals surface area contributed by atoms with Gasteiger partial charge in [-0.3, -0.25) is 4.52 Å². The van der Waals surface area contributed by atoms with E-state index in [-0.39, 0.29) is 11.5 Å².